The van der Waals surface area contributed by atoms with Crippen LogP contribution >= 0.6 is 11.6 Å². The van der Waals surface area contributed by atoms with E-state index in [9.17, 15) is 9.90 Å². The second-order valence-electron chi connectivity index (χ2n) is 12.5. The summed E-state index contributed by atoms with van der Waals surface area (Å²) in [5.41, 5.74) is 2.23. The number of piperazine rings is 2. The van der Waals surface area contributed by atoms with Crippen LogP contribution in [0.15, 0.2) is 47.3 Å². The molecule has 1 aromatic heterocycles. The van der Waals surface area contributed by atoms with E-state index in [-0.39, 0.29) is 17.5 Å². The number of hydrogen-bond donors (Lipinski definition) is 2. The van der Waals surface area contributed by atoms with E-state index in [1.807, 2.05) is 34.9 Å². The molecule has 3 saturated heterocycles. The van der Waals surface area contributed by atoms with Crippen molar-refractivity contribution in [2.24, 2.45) is 0 Å². The average molecular weight is 601 g/mol. The van der Waals surface area contributed by atoms with Gasteiger partial charge >= 0.3 is 5.69 Å². The van der Waals surface area contributed by atoms with Crippen molar-refractivity contribution in [3.05, 3.63) is 58.0 Å². The minimum absolute atomic E-state index is 0.157. The van der Waals surface area contributed by atoms with E-state index in [1.165, 1.54) is 0 Å². The molecule has 3 atom stereocenters. The third-order valence-corrected chi connectivity index (χ3v) is 10.2. The summed E-state index contributed by atoms with van der Waals surface area (Å²) in [6.45, 7) is 10.0. The van der Waals surface area contributed by atoms with E-state index < -0.39 is 0 Å². The molecule has 0 radical (unpaired) electrons. The summed E-state index contributed by atoms with van der Waals surface area (Å²) in [6.07, 6.45) is 2.28. The molecule has 4 aliphatic heterocycles. The van der Waals surface area contributed by atoms with Gasteiger partial charge in [-0.25, -0.2) is 4.79 Å². The molecule has 3 fully saturated rings. The molecule has 10 heteroatoms. The molecule has 9 nitrogen and oxygen atoms in total. The predicted octanol–water partition coefficient (Wildman–Crippen LogP) is 4.09. The average Bonchev–Trinajstić information content (AvgIpc) is 3.36. The molecule has 2 bridgehead atoms. The molecule has 8 rings (SSSR count). The van der Waals surface area contributed by atoms with Gasteiger partial charge in [0.15, 0.2) is 5.75 Å². The van der Waals surface area contributed by atoms with Gasteiger partial charge in [-0.2, -0.15) is 4.98 Å². The van der Waals surface area contributed by atoms with E-state index in [0.717, 1.165) is 98.0 Å². The second kappa shape index (κ2) is 10.7. The summed E-state index contributed by atoms with van der Waals surface area (Å²) in [5, 5.41) is 17.1. The van der Waals surface area contributed by atoms with Gasteiger partial charge in [-0.05, 0) is 53.9 Å². The molecule has 3 aromatic carbocycles. The number of likely N-dealkylation sites (N-methyl/N-ethyl adjacent to an activating group) is 1. The molecule has 4 aromatic rings. The number of aromatic hydroxyl groups is 1. The Balaban J connectivity index is 1.31. The Bertz CT molecular complexity index is 1770. The normalized spacial score (nSPS) is 24.1. The Morgan fingerprint density at radius 3 is 2.56 bits per heavy atom. The molecular formula is C33H37ClN6O3. The van der Waals surface area contributed by atoms with Crippen LogP contribution in [0.25, 0.3) is 32.8 Å². The smallest absolute Gasteiger partial charge is 0.350 e. The number of rotatable bonds is 5. The van der Waals surface area contributed by atoms with Crippen molar-refractivity contribution in [1.82, 2.24) is 24.7 Å². The number of anilines is 1. The Kier molecular flexibility index (Phi) is 6.74. The topological polar surface area (TPSA) is 86.1 Å². The Morgan fingerprint density at radius 1 is 1.02 bits per heavy atom. The Labute approximate surface area is 255 Å². The van der Waals surface area contributed by atoms with Crippen molar-refractivity contribution < 1.29 is 9.84 Å². The van der Waals surface area contributed by atoms with Crippen molar-refractivity contribution in [2.75, 3.05) is 63.9 Å². The zero-order chi connectivity index (χ0) is 29.2. The lowest BCUT2D eigenvalue weighted by atomic mass is 9.95. The number of ether oxygens (including phenoxy) is 1. The van der Waals surface area contributed by atoms with Crippen LogP contribution in [0.3, 0.4) is 0 Å². The van der Waals surface area contributed by atoms with Gasteiger partial charge in [0.25, 0.3) is 0 Å². The molecule has 2 unspecified atom stereocenters. The lowest BCUT2D eigenvalue weighted by Crippen LogP contribution is -2.52. The van der Waals surface area contributed by atoms with Crippen LogP contribution in [-0.4, -0.2) is 95.5 Å². The predicted molar refractivity (Wildman–Crippen MR) is 171 cm³/mol. The number of hydrogen-bond acceptors (Lipinski definition) is 8. The summed E-state index contributed by atoms with van der Waals surface area (Å²) in [6, 6.07) is 14.0. The molecule has 224 valence electrons. The number of nitrogens with one attached hydrogen (secondary N) is 1. The minimum atomic E-state index is -0.230. The zero-order valence-corrected chi connectivity index (χ0v) is 25.2. The van der Waals surface area contributed by atoms with E-state index in [2.05, 4.69) is 26.9 Å². The fraction of sp³-hybridized carbons (Fsp3) is 0.455. The Morgan fingerprint density at radius 2 is 1.79 bits per heavy atom. The first-order valence-corrected chi connectivity index (χ1v) is 15.9. The quantitative estimate of drug-likeness (QED) is 0.354. The number of benzene rings is 3. The summed E-state index contributed by atoms with van der Waals surface area (Å²) in [7, 11) is 0. The lowest BCUT2D eigenvalue weighted by molar-refractivity contribution is 0.106. The van der Waals surface area contributed by atoms with Gasteiger partial charge in [0, 0.05) is 68.8 Å². The molecule has 0 aliphatic carbocycles. The number of phenolic OH excluding ortho intramolecular Hbond substituents is 1. The molecule has 0 spiro atoms. The highest BCUT2D eigenvalue weighted by molar-refractivity contribution is 6.35. The first-order chi connectivity index (χ1) is 21.0. The van der Waals surface area contributed by atoms with Gasteiger partial charge in [-0.1, -0.05) is 42.8 Å². The number of aromatic nitrogens is 2. The van der Waals surface area contributed by atoms with Crippen LogP contribution in [0, 0.1) is 0 Å². The molecule has 4 aliphatic rings. The van der Waals surface area contributed by atoms with Crippen molar-refractivity contribution in [1.29, 1.82) is 0 Å². The monoisotopic (exact) mass is 600 g/mol. The van der Waals surface area contributed by atoms with E-state index in [1.54, 1.807) is 12.1 Å². The largest absolute Gasteiger partial charge is 0.508 e. The number of phenols is 1. The van der Waals surface area contributed by atoms with Crippen molar-refractivity contribution in [3.8, 4) is 22.6 Å². The molecule has 2 N–H and O–H groups in total. The molecular weight excluding hydrogens is 564 g/mol. The number of fused-ring (bicyclic) bond motifs is 3. The zero-order valence-electron chi connectivity index (χ0n) is 24.4. The maximum absolute atomic E-state index is 14.1. The van der Waals surface area contributed by atoms with Crippen molar-refractivity contribution >= 4 is 39.1 Å². The number of halogens is 1. The summed E-state index contributed by atoms with van der Waals surface area (Å²) in [4.78, 5) is 26.0. The van der Waals surface area contributed by atoms with Gasteiger partial charge in [-0.3, -0.25) is 9.47 Å². The van der Waals surface area contributed by atoms with E-state index >= 15 is 0 Å². The van der Waals surface area contributed by atoms with Crippen molar-refractivity contribution in [3.63, 3.8) is 0 Å². The highest BCUT2D eigenvalue weighted by Crippen LogP contribution is 2.48. The maximum atomic E-state index is 14.1. The summed E-state index contributed by atoms with van der Waals surface area (Å²) < 4.78 is 8.58. The third kappa shape index (κ3) is 4.65. The van der Waals surface area contributed by atoms with E-state index in [4.69, 9.17) is 21.3 Å². The van der Waals surface area contributed by atoms with Crippen LogP contribution in [0.2, 0.25) is 5.02 Å². The molecule has 43 heavy (non-hydrogen) atoms. The summed E-state index contributed by atoms with van der Waals surface area (Å²) in [5.74, 6) is 1.55. The first-order valence-electron chi connectivity index (χ1n) is 15.6. The molecule has 0 saturated carbocycles. The van der Waals surface area contributed by atoms with E-state index in [0.29, 0.717) is 35.3 Å². The minimum Gasteiger partial charge on any atom is -0.508 e. The molecule has 5 heterocycles. The highest BCUT2D eigenvalue weighted by Gasteiger charge is 2.37. The van der Waals surface area contributed by atoms with Gasteiger partial charge in [0.2, 0.25) is 0 Å². The van der Waals surface area contributed by atoms with Crippen LogP contribution in [0.4, 0.5) is 5.82 Å². The summed E-state index contributed by atoms with van der Waals surface area (Å²) >= 11 is 7.18. The van der Waals surface area contributed by atoms with Crippen LogP contribution in [-0.2, 0) is 0 Å². The lowest BCUT2D eigenvalue weighted by Gasteiger charge is -2.39. The molecule has 0 amide bonds. The van der Waals surface area contributed by atoms with Crippen LogP contribution in [0.5, 0.6) is 11.5 Å². The Hall–Kier alpha value is -3.37. The first kappa shape index (κ1) is 27.2. The fourth-order valence-corrected chi connectivity index (χ4v) is 8.03. The van der Waals surface area contributed by atoms with Crippen molar-refractivity contribution in [2.45, 2.75) is 37.9 Å². The maximum Gasteiger partial charge on any atom is 0.350 e. The highest BCUT2D eigenvalue weighted by atomic mass is 35.5. The SMILES string of the molecule is CCN1CCN(C[C@H]2COc3c(-c4cccc5cc(O)ccc45)c(Cl)cc4c(N5CC6CCC(C5)N6)nc(=O)n2c34)CC1. The van der Waals surface area contributed by atoms with Gasteiger partial charge in [0.1, 0.15) is 18.2 Å². The van der Waals surface area contributed by atoms with Gasteiger partial charge in [-0.15, -0.1) is 0 Å². The fourth-order valence-electron chi connectivity index (χ4n) is 7.73. The van der Waals surface area contributed by atoms with Gasteiger partial charge < -0.3 is 25.0 Å². The van der Waals surface area contributed by atoms with Crippen LogP contribution < -0.4 is 20.6 Å². The number of nitrogens with zero attached hydrogens (tertiary/aromatic N) is 5. The third-order valence-electron chi connectivity index (χ3n) is 9.91. The van der Waals surface area contributed by atoms with Crippen LogP contribution in [0.1, 0.15) is 25.8 Å². The second-order valence-corrected chi connectivity index (χ2v) is 12.9. The van der Waals surface area contributed by atoms with Gasteiger partial charge in [0.05, 0.1) is 16.6 Å². The standard InChI is InChI=1S/C33H37ClN6O3/c1-2-37-10-12-38(13-11-37)18-23-19-43-31-29(26-5-3-4-20-14-24(41)8-9-25(20)26)28(34)15-27-30(31)40(23)33(42)36-32(27)39-16-21-6-7-22(17-39)35-21/h3-5,8-9,14-15,21-23,35,41H,2,6-7,10-13,16-19H2,1H3/t21?,22?,23-/m0/s1.